The largest absolute Gasteiger partial charge is 0.388 e. The molecule has 0 aliphatic heterocycles. The fourth-order valence-electron chi connectivity index (χ4n) is 1.29. The van der Waals surface area contributed by atoms with Crippen LogP contribution in [0.15, 0.2) is 30.6 Å². The number of nitrogens with zero attached hydrogens (tertiary/aromatic N) is 3. The van der Waals surface area contributed by atoms with E-state index in [1.165, 1.54) is 0 Å². The molecular formula is C10H11N5S. The van der Waals surface area contributed by atoms with E-state index in [0.717, 1.165) is 11.5 Å². The predicted molar refractivity (Wildman–Crippen MR) is 66.6 cm³/mol. The van der Waals surface area contributed by atoms with Crippen LogP contribution >= 0.6 is 12.2 Å². The second kappa shape index (κ2) is 4.28. The summed E-state index contributed by atoms with van der Waals surface area (Å²) >= 11 is 4.87. The number of pyridine rings is 1. The third-order valence-electron chi connectivity index (χ3n) is 2.11. The summed E-state index contributed by atoms with van der Waals surface area (Å²) in [6.45, 7) is 0. The molecule has 0 spiro atoms. The summed E-state index contributed by atoms with van der Waals surface area (Å²) < 4.78 is 1.74. The van der Waals surface area contributed by atoms with E-state index >= 15 is 0 Å². The Balaban J connectivity index is 2.25. The van der Waals surface area contributed by atoms with Gasteiger partial charge in [-0.25, -0.2) is 0 Å². The molecule has 2 aromatic rings. The minimum atomic E-state index is 0.286. The lowest BCUT2D eigenvalue weighted by Crippen LogP contribution is -2.11. The molecule has 0 atom stereocenters. The van der Waals surface area contributed by atoms with Crippen molar-refractivity contribution >= 4 is 28.7 Å². The minimum Gasteiger partial charge on any atom is -0.388 e. The van der Waals surface area contributed by atoms with Gasteiger partial charge in [0.25, 0.3) is 0 Å². The molecule has 2 heterocycles. The highest BCUT2D eigenvalue weighted by Gasteiger charge is 2.02. The maximum atomic E-state index is 5.51. The summed E-state index contributed by atoms with van der Waals surface area (Å²) in [5.41, 5.74) is 6.99. The molecule has 82 valence electrons. The van der Waals surface area contributed by atoms with Crippen LogP contribution in [0.4, 0.5) is 11.5 Å². The fourth-order valence-corrected chi connectivity index (χ4v) is 1.40. The van der Waals surface area contributed by atoms with Crippen LogP contribution in [0.25, 0.3) is 0 Å². The minimum absolute atomic E-state index is 0.286. The number of nitrogens with two attached hydrogens (primary N) is 1. The van der Waals surface area contributed by atoms with E-state index in [-0.39, 0.29) is 4.99 Å². The second-order valence-corrected chi connectivity index (χ2v) is 3.70. The molecular weight excluding hydrogens is 222 g/mol. The van der Waals surface area contributed by atoms with Crippen molar-refractivity contribution in [2.24, 2.45) is 12.8 Å². The van der Waals surface area contributed by atoms with E-state index < -0.39 is 0 Å². The Morgan fingerprint density at radius 2 is 2.25 bits per heavy atom. The molecule has 3 N–H and O–H groups in total. The second-order valence-electron chi connectivity index (χ2n) is 3.26. The summed E-state index contributed by atoms with van der Waals surface area (Å²) in [7, 11) is 1.86. The summed E-state index contributed by atoms with van der Waals surface area (Å²) in [5.74, 6) is 0.889. The quantitative estimate of drug-likeness (QED) is 0.779. The Kier molecular flexibility index (Phi) is 2.82. The molecule has 0 unspecified atom stereocenters. The lowest BCUT2D eigenvalue weighted by molar-refractivity contribution is 0.776. The molecule has 0 aliphatic rings. The topological polar surface area (TPSA) is 68.8 Å². The maximum Gasteiger partial charge on any atom is 0.128 e. The van der Waals surface area contributed by atoms with Crippen molar-refractivity contribution in [3.8, 4) is 0 Å². The van der Waals surface area contributed by atoms with E-state index in [0.29, 0.717) is 5.69 Å². The normalized spacial score (nSPS) is 10.1. The number of rotatable bonds is 3. The molecule has 2 rings (SSSR count). The smallest absolute Gasteiger partial charge is 0.128 e. The average molecular weight is 233 g/mol. The molecule has 16 heavy (non-hydrogen) atoms. The standard InChI is InChI=1S/C10H11N5S/c1-15-9(3-5-13-15)14-7-2-4-12-8(6-7)10(11)16/h2-6H,1H3,(H2,11,16)(H,12,14). The molecule has 5 nitrogen and oxygen atoms in total. The number of aryl methyl sites for hydroxylation is 1. The number of aromatic nitrogens is 3. The van der Waals surface area contributed by atoms with Crippen LogP contribution in [0.1, 0.15) is 5.69 Å². The molecule has 6 heteroatoms. The van der Waals surface area contributed by atoms with Gasteiger partial charge in [-0.1, -0.05) is 12.2 Å². The van der Waals surface area contributed by atoms with Gasteiger partial charge in [0.15, 0.2) is 0 Å². The van der Waals surface area contributed by atoms with Gasteiger partial charge in [-0.2, -0.15) is 5.10 Å². The Morgan fingerprint density at radius 1 is 1.44 bits per heavy atom. The summed E-state index contributed by atoms with van der Waals surface area (Å²) in [5, 5.41) is 7.25. The Bertz CT molecular complexity index is 519. The van der Waals surface area contributed by atoms with Crippen molar-refractivity contribution in [1.29, 1.82) is 0 Å². The van der Waals surface area contributed by atoms with Crippen molar-refractivity contribution in [2.75, 3.05) is 5.32 Å². The first-order valence-corrected chi connectivity index (χ1v) is 5.08. The van der Waals surface area contributed by atoms with Crippen molar-refractivity contribution in [3.63, 3.8) is 0 Å². The molecule has 2 aromatic heterocycles. The van der Waals surface area contributed by atoms with E-state index in [2.05, 4.69) is 15.4 Å². The Hall–Kier alpha value is -1.95. The number of anilines is 2. The molecule has 0 bridgehead atoms. The number of thiocarbonyl (C=S) groups is 1. The van der Waals surface area contributed by atoms with Crippen molar-refractivity contribution in [3.05, 3.63) is 36.3 Å². The van der Waals surface area contributed by atoms with Crippen molar-refractivity contribution in [2.45, 2.75) is 0 Å². The van der Waals surface area contributed by atoms with Crippen LogP contribution < -0.4 is 11.1 Å². The lowest BCUT2D eigenvalue weighted by atomic mass is 10.3. The van der Waals surface area contributed by atoms with Gasteiger partial charge in [-0.3, -0.25) is 9.67 Å². The van der Waals surface area contributed by atoms with Crippen LogP contribution in [0.2, 0.25) is 0 Å². The molecule has 0 radical (unpaired) electrons. The first kappa shape index (κ1) is 10.6. The average Bonchev–Trinajstić information content (AvgIpc) is 2.65. The van der Waals surface area contributed by atoms with Crippen LogP contribution in [-0.4, -0.2) is 19.8 Å². The SMILES string of the molecule is Cn1nccc1Nc1ccnc(C(N)=S)c1. The van der Waals surface area contributed by atoms with Gasteiger partial charge in [0.05, 0.1) is 11.9 Å². The highest BCUT2D eigenvalue weighted by atomic mass is 32.1. The number of hydrogen-bond donors (Lipinski definition) is 2. The zero-order valence-electron chi connectivity index (χ0n) is 8.71. The van der Waals surface area contributed by atoms with Gasteiger partial charge in [-0.15, -0.1) is 0 Å². The summed E-state index contributed by atoms with van der Waals surface area (Å²) in [6.07, 6.45) is 3.38. The van der Waals surface area contributed by atoms with Crippen LogP contribution in [0.5, 0.6) is 0 Å². The first-order chi connectivity index (χ1) is 7.66. The van der Waals surface area contributed by atoms with Crippen LogP contribution in [0, 0.1) is 0 Å². The highest BCUT2D eigenvalue weighted by molar-refractivity contribution is 7.80. The highest BCUT2D eigenvalue weighted by Crippen LogP contribution is 2.15. The summed E-state index contributed by atoms with van der Waals surface area (Å²) in [6, 6.07) is 5.52. The maximum absolute atomic E-state index is 5.51. The number of nitrogens with one attached hydrogen (secondary N) is 1. The molecule has 0 amide bonds. The Labute approximate surface area is 98.3 Å². The van der Waals surface area contributed by atoms with Gasteiger partial charge in [0, 0.05) is 25.0 Å². The van der Waals surface area contributed by atoms with Crippen LogP contribution in [0.3, 0.4) is 0 Å². The van der Waals surface area contributed by atoms with Gasteiger partial charge >= 0.3 is 0 Å². The van der Waals surface area contributed by atoms with Crippen LogP contribution in [-0.2, 0) is 7.05 Å². The monoisotopic (exact) mass is 233 g/mol. The van der Waals surface area contributed by atoms with Crippen molar-refractivity contribution in [1.82, 2.24) is 14.8 Å². The third kappa shape index (κ3) is 2.17. The van der Waals surface area contributed by atoms with Gasteiger partial charge < -0.3 is 11.1 Å². The van der Waals surface area contributed by atoms with Gasteiger partial charge in [0.2, 0.25) is 0 Å². The molecule has 0 saturated carbocycles. The van der Waals surface area contributed by atoms with E-state index in [4.69, 9.17) is 18.0 Å². The van der Waals surface area contributed by atoms with Gasteiger partial charge in [0.1, 0.15) is 10.8 Å². The zero-order valence-corrected chi connectivity index (χ0v) is 9.53. The van der Waals surface area contributed by atoms with Crippen molar-refractivity contribution < 1.29 is 0 Å². The lowest BCUT2D eigenvalue weighted by Gasteiger charge is -2.07. The Morgan fingerprint density at radius 3 is 2.88 bits per heavy atom. The van der Waals surface area contributed by atoms with Gasteiger partial charge in [-0.05, 0) is 12.1 Å². The molecule has 0 fully saturated rings. The molecule has 0 aromatic carbocycles. The first-order valence-electron chi connectivity index (χ1n) is 4.67. The van der Waals surface area contributed by atoms with E-state index in [1.54, 1.807) is 23.1 Å². The van der Waals surface area contributed by atoms with E-state index in [1.807, 2.05) is 19.2 Å². The third-order valence-corrected chi connectivity index (χ3v) is 2.31. The molecule has 0 aliphatic carbocycles. The predicted octanol–water partition coefficient (Wildman–Crippen LogP) is 1.19. The zero-order chi connectivity index (χ0) is 11.5. The molecule has 0 saturated heterocycles. The van der Waals surface area contributed by atoms with E-state index in [9.17, 15) is 0 Å². The summed E-state index contributed by atoms with van der Waals surface area (Å²) in [4.78, 5) is 4.35. The number of hydrogen-bond acceptors (Lipinski definition) is 4. The fraction of sp³-hybridized carbons (Fsp3) is 0.100.